The van der Waals surface area contributed by atoms with Crippen molar-refractivity contribution in [3.63, 3.8) is 0 Å². The number of rotatable bonds is 6. The molecule has 0 atom stereocenters. The highest BCUT2D eigenvalue weighted by Crippen LogP contribution is 2.24. The molecule has 0 fully saturated rings. The average molecular weight is 238 g/mol. The quantitative estimate of drug-likeness (QED) is 0.737. The molecule has 0 saturated heterocycles. The van der Waals surface area contributed by atoms with Gasteiger partial charge >= 0.3 is 0 Å². The molecule has 0 radical (unpaired) electrons. The van der Waals surface area contributed by atoms with Gasteiger partial charge in [-0.25, -0.2) is 9.97 Å². The van der Waals surface area contributed by atoms with Crippen LogP contribution in [0.25, 0.3) is 10.2 Å². The van der Waals surface area contributed by atoms with Crippen molar-refractivity contribution in [3.05, 3.63) is 17.8 Å². The number of thiophene rings is 1. The molecule has 0 spiro atoms. The number of fused-ring (bicyclic) bond motifs is 1. The van der Waals surface area contributed by atoms with Crippen molar-refractivity contribution in [2.75, 3.05) is 31.6 Å². The summed E-state index contributed by atoms with van der Waals surface area (Å²) in [5, 5.41) is 5.24. The average Bonchev–Trinajstić information content (AvgIpc) is 2.77. The largest absolute Gasteiger partial charge is 0.378 e. The molecule has 0 amide bonds. The van der Waals surface area contributed by atoms with Crippen LogP contribution in [0.15, 0.2) is 17.8 Å². The maximum Gasteiger partial charge on any atom is 0.147 e. The fourth-order valence-corrected chi connectivity index (χ4v) is 2.15. The molecule has 16 heavy (non-hydrogen) atoms. The third-order valence-corrected chi connectivity index (χ3v) is 2.95. The Hall–Kier alpha value is -1.24. The van der Waals surface area contributed by atoms with Crippen molar-refractivity contribution in [2.45, 2.75) is 0 Å². The minimum absolute atomic E-state index is 0.558. The van der Waals surface area contributed by atoms with Crippen LogP contribution in [0, 0.1) is 0 Å². The first kappa shape index (κ1) is 11.3. The van der Waals surface area contributed by atoms with Crippen LogP contribution in [0.5, 0.6) is 0 Å². The van der Waals surface area contributed by atoms with Gasteiger partial charge in [0.1, 0.15) is 12.1 Å². The van der Waals surface area contributed by atoms with Gasteiger partial charge in [0.25, 0.3) is 0 Å². The van der Waals surface area contributed by atoms with Gasteiger partial charge in [-0.1, -0.05) is 0 Å². The van der Waals surface area contributed by atoms with Gasteiger partial charge in [-0.05, 0) is 11.4 Å². The van der Waals surface area contributed by atoms with Crippen LogP contribution in [-0.4, -0.2) is 36.3 Å². The lowest BCUT2D eigenvalue weighted by molar-refractivity contribution is 0.151. The molecule has 0 saturated carbocycles. The second kappa shape index (κ2) is 5.74. The van der Waals surface area contributed by atoms with Crippen molar-refractivity contribution < 1.29 is 4.74 Å². The van der Waals surface area contributed by atoms with E-state index in [1.165, 1.54) is 0 Å². The van der Waals surface area contributed by atoms with Crippen LogP contribution >= 0.6 is 11.3 Å². The summed E-state index contributed by atoms with van der Waals surface area (Å²) in [6, 6.07) is 1.98. The summed E-state index contributed by atoms with van der Waals surface area (Å²) in [6.07, 6.45) is 1.57. The smallest absolute Gasteiger partial charge is 0.147 e. The first-order valence-electron chi connectivity index (χ1n) is 5.11. The highest BCUT2D eigenvalue weighted by Gasteiger charge is 2.03. The minimum Gasteiger partial charge on any atom is -0.378 e. The van der Waals surface area contributed by atoms with Gasteiger partial charge < -0.3 is 15.8 Å². The molecule has 5 nitrogen and oxygen atoms in total. The van der Waals surface area contributed by atoms with Crippen molar-refractivity contribution in [2.24, 2.45) is 5.73 Å². The zero-order chi connectivity index (χ0) is 11.2. The van der Waals surface area contributed by atoms with Crippen molar-refractivity contribution >= 4 is 27.4 Å². The number of hydrogen-bond donors (Lipinski definition) is 2. The molecule has 2 heterocycles. The van der Waals surface area contributed by atoms with E-state index in [4.69, 9.17) is 10.5 Å². The van der Waals surface area contributed by atoms with Gasteiger partial charge in [0.2, 0.25) is 0 Å². The Bertz CT molecular complexity index is 445. The number of nitrogens with zero attached hydrogens (tertiary/aromatic N) is 2. The maximum atomic E-state index is 5.32. The Morgan fingerprint density at radius 2 is 2.31 bits per heavy atom. The molecule has 86 valence electrons. The van der Waals surface area contributed by atoms with E-state index in [2.05, 4.69) is 15.3 Å². The normalized spacial score (nSPS) is 10.8. The fraction of sp³-hybridized carbons (Fsp3) is 0.400. The molecular weight excluding hydrogens is 224 g/mol. The van der Waals surface area contributed by atoms with Crippen LogP contribution < -0.4 is 11.1 Å². The van der Waals surface area contributed by atoms with Gasteiger partial charge in [0, 0.05) is 13.1 Å². The third-order valence-electron chi connectivity index (χ3n) is 2.04. The standard InChI is InChI=1S/C10H14N4OS/c11-2-4-15-5-3-12-10-9-8(1-6-16-9)13-7-14-10/h1,6-7H,2-5,11H2,(H,12,13,14). The van der Waals surface area contributed by atoms with Crippen LogP contribution in [0.3, 0.4) is 0 Å². The first-order valence-corrected chi connectivity index (χ1v) is 5.99. The van der Waals surface area contributed by atoms with Crippen LogP contribution in [0.2, 0.25) is 0 Å². The predicted molar refractivity (Wildman–Crippen MR) is 65.8 cm³/mol. The summed E-state index contributed by atoms with van der Waals surface area (Å²) in [7, 11) is 0. The summed E-state index contributed by atoms with van der Waals surface area (Å²) in [5.74, 6) is 0.872. The second-order valence-corrected chi connectivity index (χ2v) is 4.10. The van der Waals surface area contributed by atoms with E-state index in [1.54, 1.807) is 17.7 Å². The Labute approximate surface area is 97.7 Å². The van der Waals surface area contributed by atoms with Gasteiger partial charge in [0.15, 0.2) is 0 Å². The number of ether oxygens (including phenoxy) is 1. The Kier molecular flexibility index (Phi) is 4.03. The van der Waals surface area contributed by atoms with E-state index in [9.17, 15) is 0 Å². The fourth-order valence-electron chi connectivity index (χ4n) is 1.34. The van der Waals surface area contributed by atoms with E-state index in [0.29, 0.717) is 19.8 Å². The lowest BCUT2D eigenvalue weighted by atomic mass is 10.4. The van der Waals surface area contributed by atoms with Crippen LogP contribution in [-0.2, 0) is 4.74 Å². The summed E-state index contributed by atoms with van der Waals surface area (Å²) in [4.78, 5) is 8.38. The Morgan fingerprint density at radius 1 is 1.38 bits per heavy atom. The number of anilines is 1. The highest BCUT2D eigenvalue weighted by atomic mass is 32.1. The Morgan fingerprint density at radius 3 is 3.19 bits per heavy atom. The summed E-state index contributed by atoms with van der Waals surface area (Å²) < 4.78 is 6.36. The molecule has 3 N–H and O–H groups in total. The van der Waals surface area contributed by atoms with Gasteiger partial charge in [0.05, 0.1) is 23.4 Å². The van der Waals surface area contributed by atoms with E-state index < -0.39 is 0 Å². The molecule has 0 aliphatic heterocycles. The molecule has 6 heteroatoms. The number of nitrogens with one attached hydrogen (secondary N) is 1. The monoisotopic (exact) mass is 238 g/mol. The first-order chi connectivity index (χ1) is 7.92. The molecule has 2 aromatic rings. The number of aromatic nitrogens is 2. The molecule has 2 aromatic heterocycles. The lowest BCUT2D eigenvalue weighted by Crippen LogP contribution is -2.14. The molecule has 0 unspecified atom stereocenters. The second-order valence-electron chi connectivity index (χ2n) is 3.19. The molecule has 2 rings (SSSR count). The van der Waals surface area contributed by atoms with Crippen LogP contribution in [0.4, 0.5) is 5.82 Å². The van der Waals surface area contributed by atoms with E-state index in [-0.39, 0.29) is 0 Å². The zero-order valence-corrected chi connectivity index (χ0v) is 9.67. The van der Waals surface area contributed by atoms with E-state index >= 15 is 0 Å². The maximum absolute atomic E-state index is 5.32. The summed E-state index contributed by atoms with van der Waals surface area (Å²) in [5.41, 5.74) is 6.30. The molecule has 0 aliphatic carbocycles. The lowest BCUT2D eigenvalue weighted by Gasteiger charge is -2.06. The highest BCUT2D eigenvalue weighted by molar-refractivity contribution is 7.17. The predicted octanol–water partition coefficient (Wildman–Crippen LogP) is 1.08. The molecule has 0 bridgehead atoms. The number of nitrogens with two attached hydrogens (primary N) is 1. The SMILES string of the molecule is NCCOCCNc1ncnc2ccsc12. The summed E-state index contributed by atoms with van der Waals surface area (Å²) >= 11 is 1.63. The van der Waals surface area contributed by atoms with Gasteiger partial charge in [-0.15, -0.1) is 11.3 Å². The topological polar surface area (TPSA) is 73.1 Å². The Balaban J connectivity index is 1.91. The summed E-state index contributed by atoms with van der Waals surface area (Å²) in [6.45, 7) is 2.51. The molecule has 0 aromatic carbocycles. The third kappa shape index (κ3) is 2.66. The van der Waals surface area contributed by atoms with Gasteiger partial charge in [-0.3, -0.25) is 0 Å². The van der Waals surface area contributed by atoms with Gasteiger partial charge in [-0.2, -0.15) is 0 Å². The minimum atomic E-state index is 0.558. The van der Waals surface area contributed by atoms with E-state index in [0.717, 1.165) is 22.6 Å². The molecule has 0 aliphatic rings. The van der Waals surface area contributed by atoms with Crippen molar-refractivity contribution in [1.82, 2.24) is 9.97 Å². The van der Waals surface area contributed by atoms with Crippen molar-refractivity contribution in [3.8, 4) is 0 Å². The zero-order valence-electron chi connectivity index (χ0n) is 8.85. The molecular formula is C10H14N4OS. The van der Waals surface area contributed by atoms with Crippen molar-refractivity contribution in [1.29, 1.82) is 0 Å². The number of hydrogen-bond acceptors (Lipinski definition) is 6. The van der Waals surface area contributed by atoms with E-state index in [1.807, 2.05) is 11.4 Å². The van der Waals surface area contributed by atoms with Crippen LogP contribution in [0.1, 0.15) is 0 Å².